The molecule has 108 valence electrons. The highest BCUT2D eigenvalue weighted by Crippen LogP contribution is 2.36. The summed E-state index contributed by atoms with van der Waals surface area (Å²) < 4.78 is 10.5. The topological polar surface area (TPSA) is 35.5 Å². The quantitative estimate of drug-likeness (QED) is 0.603. The molecule has 0 bridgehead atoms. The Balaban J connectivity index is 1.73. The lowest BCUT2D eigenvalue weighted by molar-refractivity contribution is -0.128. The molecule has 0 radical (unpaired) electrons. The van der Waals surface area contributed by atoms with Gasteiger partial charge in [0.2, 0.25) is 0 Å². The zero-order chi connectivity index (χ0) is 14.5. The van der Waals surface area contributed by atoms with E-state index in [-0.39, 0.29) is 0 Å². The minimum Gasteiger partial charge on any atom is -0.493 e. The third-order valence-electron chi connectivity index (χ3n) is 3.86. The predicted octanol–water partition coefficient (Wildman–Crippen LogP) is 3.12. The molecule has 0 N–H and O–H groups in total. The number of benzene rings is 2. The van der Waals surface area contributed by atoms with E-state index in [1.807, 2.05) is 18.2 Å². The normalized spacial score (nSPS) is 16.1. The van der Waals surface area contributed by atoms with Crippen molar-refractivity contribution in [2.24, 2.45) is 0 Å². The van der Waals surface area contributed by atoms with E-state index >= 15 is 0 Å². The van der Waals surface area contributed by atoms with E-state index in [1.54, 1.807) is 0 Å². The van der Waals surface area contributed by atoms with Crippen molar-refractivity contribution in [3.63, 3.8) is 0 Å². The molecule has 0 saturated heterocycles. The lowest BCUT2D eigenvalue weighted by Gasteiger charge is -2.10. The Labute approximate surface area is 124 Å². The molecular formula is C18H18O3. The Bertz CT molecular complexity index is 607. The maximum absolute atomic E-state index is 10.2. The van der Waals surface area contributed by atoms with Gasteiger partial charge < -0.3 is 9.47 Å². The van der Waals surface area contributed by atoms with Crippen LogP contribution in [0.15, 0.2) is 48.5 Å². The first kappa shape index (κ1) is 13.7. The maximum Gasteiger partial charge on any atom is 0.293 e. The summed E-state index contributed by atoms with van der Waals surface area (Å²) in [6.45, 7) is 1.65. The molecule has 2 aromatic carbocycles. The van der Waals surface area contributed by atoms with E-state index in [2.05, 4.69) is 30.3 Å². The van der Waals surface area contributed by atoms with E-state index < -0.39 is 0 Å². The SMILES string of the molecule is O=COCCc1ccc2c(c1)C(Cc1ccccc1)CO2. The van der Waals surface area contributed by atoms with E-state index in [4.69, 9.17) is 9.47 Å². The lowest BCUT2D eigenvalue weighted by Crippen LogP contribution is -2.04. The van der Waals surface area contributed by atoms with Crippen LogP contribution in [0.5, 0.6) is 5.75 Å². The molecule has 3 rings (SSSR count). The van der Waals surface area contributed by atoms with Gasteiger partial charge in [-0.3, -0.25) is 4.79 Å². The lowest BCUT2D eigenvalue weighted by atomic mass is 9.92. The Morgan fingerprint density at radius 3 is 2.81 bits per heavy atom. The van der Waals surface area contributed by atoms with Crippen LogP contribution < -0.4 is 4.74 Å². The van der Waals surface area contributed by atoms with Crippen molar-refractivity contribution >= 4 is 6.47 Å². The monoisotopic (exact) mass is 282 g/mol. The summed E-state index contributed by atoms with van der Waals surface area (Å²) in [5, 5.41) is 0. The first-order valence-corrected chi connectivity index (χ1v) is 7.21. The average Bonchev–Trinajstić information content (AvgIpc) is 2.91. The van der Waals surface area contributed by atoms with Crippen molar-refractivity contribution in [1.29, 1.82) is 0 Å². The number of fused-ring (bicyclic) bond motifs is 1. The first-order chi connectivity index (χ1) is 10.4. The smallest absolute Gasteiger partial charge is 0.293 e. The molecule has 1 aliphatic heterocycles. The highest BCUT2D eigenvalue weighted by Gasteiger charge is 2.24. The van der Waals surface area contributed by atoms with Gasteiger partial charge in [-0.1, -0.05) is 42.5 Å². The van der Waals surface area contributed by atoms with Crippen LogP contribution in [-0.4, -0.2) is 19.7 Å². The van der Waals surface area contributed by atoms with Crippen molar-refractivity contribution < 1.29 is 14.3 Å². The molecule has 3 heteroatoms. The minimum atomic E-state index is 0.398. The molecule has 0 fully saturated rings. The van der Waals surface area contributed by atoms with Gasteiger partial charge in [0.25, 0.3) is 6.47 Å². The second-order valence-corrected chi connectivity index (χ2v) is 5.29. The molecule has 1 heterocycles. The number of carbonyl (C=O) groups excluding carboxylic acids is 1. The molecule has 0 amide bonds. The summed E-state index contributed by atoms with van der Waals surface area (Å²) in [7, 11) is 0. The molecule has 1 atom stereocenters. The van der Waals surface area contributed by atoms with E-state index in [0.29, 0.717) is 19.0 Å². The largest absolute Gasteiger partial charge is 0.493 e. The summed E-state index contributed by atoms with van der Waals surface area (Å²) in [5.41, 5.74) is 3.77. The minimum absolute atomic E-state index is 0.398. The van der Waals surface area contributed by atoms with Gasteiger partial charge in [-0.2, -0.15) is 0 Å². The van der Waals surface area contributed by atoms with Gasteiger partial charge in [-0.05, 0) is 23.6 Å². The van der Waals surface area contributed by atoms with Gasteiger partial charge in [-0.25, -0.2) is 0 Å². The number of rotatable bonds is 6. The molecule has 2 aromatic rings. The van der Waals surface area contributed by atoms with Gasteiger partial charge in [0.15, 0.2) is 0 Å². The molecule has 0 aliphatic carbocycles. The molecule has 1 aliphatic rings. The standard InChI is InChI=1S/C18H18O3/c19-13-20-9-8-15-6-7-18-17(11-15)16(12-21-18)10-14-4-2-1-3-5-14/h1-7,11,13,16H,8-10,12H2. The van der Waals surface area contributed by atoms with Crippen molar-refractivity contribution in [3.8, 4) is 5.75 Å². The molecule has 0 aromatic heterocycles. The van der Waals surface area contributed by atoms with Gasteiger partial charge in [0, 0.05) is 17.9 Å². The maximum atomic E-state index is 10.2. The zero-order valence-corrected chi connectivity index (χ0v) is 11.8. The fourth-order valence-electron chi connectivity index (χ4n) is 2.78. The summed E-state index contributed by atoms with van der Waals surface area (Å²) in [4.78, 5) is 10.2. The van der Waals surface area contributed by atoms with Crippen LogP contribution in [0.25, 0.3) is 0 Å². The van der Waals surface area contributed by atoms with Crippen LogP contribution in [0.2, 0.25) is 0 Å². The zero-order valence-electron chi connectivity index (χ0n) is 11.8. The fourth-order valence-corrected chi connectivity index (χ4v) is 2.78. The van der Waals surface area contributed by atoms with Crippen LogP contribution in [-0.2, 0) is 22.4 Å². The van der Waals surface area contributed by atoms with Crippen molar-refractivity contribution in [2.75, 3.05) is 13.2 Å². The third kappa shape index (κ3) is 3.24. The van der Waals surface area contributed by atoms with E-state index in [0.717, 1.165) is 25.2 Å². The van der Waals surface area contributed by atoms with Crippen LogP contribution >= 0.6 is 0 Å². The van der Waals surface area contributed by atoms with Gasteiger partial charge in [0.1, 0.15) is 5.75 Å². The summed E-state index contributed by atoms with van der Waals surface area (Å²) >= 11 is 0. The van der Waals surface area contributed by atoms with Gasteiger partial charge in [0.05, 0.1) is 13.2 Å². The van der Waals surface area contributed by atoms with Gasteiger partial charge >= 0.3 is 0 Å². The predicted molar refractivity (Wildman–Crippen MR) is 80.5 cm³/mol. The van der Waals surface area contributed by atoms with E-state index in [9.17, 15) is 4.79 Å². The average molecular weight is 282 g/mol. The number of ether oxygens (including phenoxy) is 2. The van der Waals surface area contributed by atoms with Crippen molar-refractivity contribution in [3.05, 3.63) is 65.2 Å². The second-order valence-electron chi connectivity index (χ2n) is 5.29. The summed E-state index contributed by atoms with van der Waals surface area (Å²) in [6.07, 6.45) is 1.73. The highest BCUT2D eigenvalue weighted by atomic mass is 16.5. The van der Waals surface area contributed by atoms with Crippen molar-refractivity contribution in [1.82, 2.24) is 0 Å². The van der Waals surface area contributed by atoms with Gasteiger partial charge in [-0.15, -0.1) is 0 Å². The summed E-state index contributed by atoms with van der Waals surface area (Å²) in [6, 6.07) is 16.7. The van der Waals surface area contributed by atoms with Crippen LogP contribution in [0.4, 0.5) is 0 Å². The Hall–Kier alpha value is -2.29. The molecule has 1 unspecified atom stereocenters. The molecule has 0 spiro atoms. The molecule has 0 saturated carbocycles. The van der Waals surface area contributed by atoms with Crippen molar-refractivity contribution in [2.45, 2.75) is 18.8 Å². The Morgan fingerprint density at radius 1 is 1.14 bits per heavy atom. The Morgan fingerprint density at radius 2 is 2.00 bits per heavy atom. The highest BCUT2D eigenvalue weighted by molar-refractivity contribution is 5.44. The van der Waals surface area contributed by atoms with Crippen LogP contribution in [0.1, 0.15) is 22.6 Å². The van der Waals surface area contributed by atoms with E-state index in [1.165, 1.54) is 16.7 Å². The molecule has 21 heavy (non-hydrogen) atoms. The first-order valence-electron chi connectivity index (χ1n) is 7.21. The number of hydrogen-bond acceptors (Lipinski definition) is 3. The number of carbonyl (C=O) groups is 1. The fraction of sp³-hybridized carbons (Fsp3) is 0.278. The number of hydrogen-bond donors (Lipinski definition) is 0. The van der Waals surface area contributed by atoms with Crippen LogP contribution in [0, 0.1) is 0 Å². The third-order valence-corrected chi connectivity index (χ3v) is 3.86. The Kier molecular flexibility index (Phi) is 4.20. The summed E-state index contributed by atoms with van der Waals surface area (Å²) in [5.74, 6) is 1.38. The molecule has 3 nitrogen and oxygen atoms in total. The second kappa shape index (κ2) is 6.44. The molecular weight excluding hydrogens is 264 g/mol. The van der Waals surface area contributed by atoms with Crippen LogP contribution in [0.3, 0.4) is 0 Å².